The van der Waals surface area contributed by atoms with E-state index in [4.69, 9.17) is 0 Å². The minimum atomic E-state index is 0.849. The number of aromatic nitrogens is 1. The molecule has 0 aliphatic rings. The zero-order valence-corrected chi connectivity index (χ0v) is 13.4. The molecule has 1 aromatic carbocycles. The summed E-state index contributed by atoms with van der Waals surface area (Å²) in [6.45, 7) is 8.28. The predicted octanol–water partition coefficient (Wildman–Crippen LogP) is 4.87. The molecule has 0 saturated carbocycles. The summed E-state index contributed by atoms with van der Waals surface area (Å²) in [4.78, 5) is 4.60. The number of fused-ring (bicyclic) bond motifs is 1. The van der Waals surface area contributed by atoms with Crippen molar-refractivity contribution in [1.29, 1.82) is 0 Å². The zero-order valence-electron chi connectivity index (χ0n) is 11.0. The molecule has 18 heavy (non-hydrogen) atoms. The van der Waals surface area contributed by atoms with Crippen LogP contribution >= 0.6 is 27.3 Å². The van der Waals surface area contributed by atoms with Gasteiger partial charge < -0.3 is 0 Å². The van der Waals surface area contributed by atoms with Crippen LogP contribution in [0.2, 0.25) is 0 Å². The monoisotopic (exact) mass is 325 g/mol. The molecule has 96 valence electrons. The van der Waals surface area contributed by atoms with Gasteiger partial charge in [-0.2, -0.15) is 5.10 Å². The number of nitrogens with zero attached hydrogens (tertiary/aromatic N) is 2. The maximum absolute atomic E-state index is 4.60. The largest absolute Gasteiger partial charge is 0.253 e. The molecule has 0 bridgehead atoms. The second-order valence-corrected chi connectivity index (χ2v) is 6.16. The first kappa shape index (κ1) is 13.5. The molecule has 0 amide bonds. The van der Waals surface area contributed by atoms with Gasteiger partial charge in [-0.3, -0.25) is 5.43 Å². The number of hydrogen-bond acceptors (Lipinski definition) is 4. The fraction of sp³-hybridized carbons (Fsp3) is 0.385. The maximum atomic E-state index is 4.60. The molecule has 0 radical (unpaired) electrons. The van der Waals surface area contributed by atoms with Gasteiger partial charge in [0.1, 0.15) is 0 Å². The first-order valence-corrected chi connectivity index (χ1v) is 7.49. The maximum Gasteiger partial charge on any atom is 0.204 e. The lowest BCUT2D eigenvalue weighted by Crippen LogP contribution is -1.94. The summed E-state index contributed by atoms with van der Waals surface area (Å²) in [6.07, 6.45) is 0.946. The van der Waals surface area contributed by atoms with Crippen LogP contribution in [0.3, 0.4) is 0 Å². The highest BCUT2D eigenvalue weighted by Gasteiger charge is 2.11. The van der Waals surface area contributed by atoms with Crippen molar-refractivity contribution in [2.45, 2.75) is 34.1 Å². The van der Waals surface area contributed by atoms with Crippen LogP contribution in [-0.4, -0.2) is 10.7 Å². The number of hydrazone groups is 1. The minimum absolute atomic E-state index is 0.849. The van der Waals surface area contributed by atoms with Crippen molar-refractivity contribution in [3.05, 3.63) is 21.7 Å². The van der Waals surface area contributed by atoms with Crippen molar-refractivity contribution >= 4 is 48.3 Å². The molecule has 0 unspecified atom stereocenters. The Kier molecular flexibility index (Phi) is 4.02. The summed E-state index contributed by atoms with van der Waals surface area (Å²) < 4.78 is 2.35. The number of anilines is 1. The number of rotatable bonds is 3. The summed E-state index contributed by atoms with van der Waals surface area (Å²) in [5.74, 6) is 0. The van der Waals surface area contributed by atoms with E-state index in [-0.39, 0.29) is 0 Å². The highest BCUT2D eigenvalue weighted by molar-refractivity contribution is 9.10. The first-order chi connectivity index (χ1) is 8.52. The lowest BCUT2D eigenvalue weighted by Gasteiger charge is -2.01. The average molecular weight is 326 g/mol. The van der Waals surface area contributed by atoms with Gasteiger partial charge in [-0.1, -0.05) is 34.2 Å². The summed E-state index contributed by atoms with van der Waals surface area (Å²) in [7, 11) is 0. The number of hydrogen-bond donors (Lipinski definition) is 1. The van der Waals surface area contributed by atoms with Crippen molar-refractivity contribution in [2.24, 2.45) is 5.10 Å². The summed E-state index contributed by atoms with van der Waals surface area (Å²) >= 11 is 5.23. The third kappa shape index (κ3) is 2.57. The predicted molar refractivity (Wildman–Crippen MR) is 83.8 cm³/mol. The fourth-order valence-corrected chi connectivity index (χ4v) is 3.25. The van der Waals surface area contributed by atoms with Crippen molar-refractivity contribution in [2.75, 3.05) is 5.43 Å². The van der Waals surface area contributed by atoms with Crippen molar-refractivity contribution in [1.82, 2.24) is 4.98 Å². The van der Waals surface area contributed by atoms with Crippen LogP contribution in [0.4, 0.5) is 5.13 Å². The molecule has 1 heterocycles. The van der Waals surface area contributed by atoms with E-state index >= 15 is 0 Å². The van der Waals surface area contributed by atoms with E-state index in [1.165, 1.54) is 15.8 Å². The van der Waals surface area contributed by atoms with Gasteiger partial charge in [0.2, 0.25) is 5.13 Å². The molecule has 1 N–H and O–H groups in total. The highest BCUT2D eigenvalue weighted by atomic mass is 79.9. The Balaban J connectivity index is 2.44. The molecular weight excluding hydrogens is 310 g/mol. The molecule has 5 heteroatoms. The van der Waals surface area contributed by atoms with Crippen LogP contribution in [0.25, 0.3) is 10.2 Å². The topological polar surface area (TPSA) is 37.3 Å². The molecule has 0 fully saturated rings. The Bertz CT molecular complexity index is 616. The van der Waals surface area contributed by atoms with E-state index in [1.54, 1.807) is 11.3 Å². The number of halogens is 1. The normalized spacial score (nSPS) is 12.2. The van der Waals surface area contributed by atoms with E-state index in [0.29, 0.717) is 0 Å². The quantitative estimate of drug-likeness (QED) is 0.645. The van der Waals surface area contributed by atoms with Gasteiger partial charge in [0.15, 0.2) is 0 Å². The molecule has 0 aliphatic heterocycles. The number of nitrogens with one attached hydrogen (secondary N) is 1. The average Bonchev–Trinajstić information content (AvgIpc) is 2.78. The fourth-order valence-electron chi connectivity index (χ4n) is 1.59. The van der Waals surface area contributed by atoms with Crippen molar-refractivity contribution in [3.8, 4) is 0 Å². The van der Waals surface area contributed by atoms with Gasteiger partial charge in [-0.15, -0.1) is 0 Å². The van der Waals surface area contributed by atoms with Crippen LogP contribution in [0.1, 0.15) is 31.4 Å². The molecule has 0 saturated heterocycles. The second-order valence-electron chi connectivity index (χ2n) is 4.31. The standard InChI is InChI=1S/C13H16BrN3S/c1-5-8(3)16-17-13-15-11-7(2)6-10(14)9(4)12(11)18-13/h6H,5H2,1-4H3,(H,15,17)/b16-8-. The van der Waals surface area contributed by atoms with Gasteiger partial charge in [0, 0.05) is 10.2 Å². The van der Waals surface area contributed by atoms with Crippen LogP contribution in [0.15, 0.2) is 15.6 Å². The SMILES string of the molecule is CC/C(C)=N\Nc1nc2c(C)cc(Br)c(C)c2s1. The van der Waals surface area contributed by atoms with E-state index in [1.807, 2.05) is 6.92 Å². The Morgan fingerprint density at radius 2 is 2.22 bits per heavy atom. The number of benzene rings is 1. The van der Waals surface area contributed by atoms with E-state index < -0.39 is 0 Å². The molecular formula is C13H16BrN3S. The van der Waals surface area contributed by atoms with Crippen LogP contribution in [0, 0.1) is 13.8 Å². The number of aryl methyl sites for hydroxylation is 2. The molecule has 2 rings (SSSR count). The second kappa shape index (κ2) is 5.36. The van der Waals surface area contributed by atoms with E-state index in [2.05, 4.69) is 58.3 Å². The van der Waals surface area contributed by atoms with Crippen molar-refractivity contribution < 1.29 is 0 Å². The van der Waals surface area contributed by atoms with Crippen molar-refractivity contribution in [3.63, 3.8) is 0 Å². The van der Waals surface area contributed by atoms with Gasteiger partial charge in [0.05, 0.1) is 10.2 Å². The van der Waals surface area contributed by atoms with Gasteiger partial charge >= 0.3 is 0 Å². The smallest absolute Gasteiger partial charge is 0.204 e. The Labute approximate surface area is 119 Å². The zero-order chi connectivity index (χ0) is 13.3. The Morgan fingerprint density at radius 3 is 2.89 bits per heavy atom. The third-order valence-corrected chi connectivity index (χ3v) is 4.80. The van der Waals surface area contributed by atoms with E-state index in [0.717, 1.165) is 27.3 Å². The molecule has 3 nitrogen and oxygen atoms in total. The highest BCUT2D eigenvalue weighted by Crippen LogP contribution is 2.34. The Morgan fingerprint density at radius 1 is 1.50 bits per heavy atom. The summed E-state index contributed by atoms with van der Waals surface area (Å²) in [5, 5.41) is 5.14. The molecule has 1 aromatic heterocycles. The lowest BCUT2D eigenvalue weighted by molar-refractivity contribution is 1.20. The van der Waals surface area contributed by atoms with Gasteiger partial charge in [-0.25, -0.2) is 4.98 Å². The summed E-state index contributed by atoms with van der Waals surface area (Å²) in [6, 6.07) is 2.11. The molecule has 2 aromatic rings. The van der Waals surface area contributed by atoms with Gasteiger partial charge in [-0.05, 0) is 44.4 Å². The lowest BCUT2D eigenvalue weighted by atomic mass is 10.1. The number of thiazole rings is 1. The van der Waals surface area contributed by atoms with Crippen LogP contribution < -0.4 is 5.43 Å². The summed E-state index contributed by atoms with van der Waals surface area (Å²) in [5.41, 5.74) is 7.59. The van der Waals surface area contributed by atoms with Crippen LogP contribution in [-0.2, 0) is 0 Å². The molecule has 0 atom stereocenters. The molecule has 0 aliphatic carbocycles. The minimum Gasteiger partial charge on any atom is -0.253 e. The third-order valence-electron chi connectivity index (χ3n) is 2.90. The van der Waals surface area contributed by atoms with Crippen LogP contribution in [0.5, 0.6) is 0 Å². The molecule has 0 spiro atoms. The first-order valence-electron chi connectivity index (χ1n) is 5.88. The Hall–Kier alpha value is -0.940. The van der Waals surface area contributed by atoms with E-state index in [9.17, 15) is 0 Å². The van der Waals surface area contributed by atoms with Gasteiger partial charge in [0.25, 0.3) is 0 Å².